The number of carbonyl (C=O) groups is 3. The van der Waals surface area contributed by atoms with Crippen molar-refractivity contribution in [3.63, 3.8) is 0 Å². The summed E-state index contributed by atoms with van der Waals surface area (Å²) in [6, 6.07) is 6.15. The molecule has 114 valence electrons. The van der Waals surface area contributed by atoms with E-state index in [2.05, 4.69) is 36.0 Å². The first kappa shape index (κ1) is 15.1. The molecule has 0 saturated carbocycles. The fourth-order valence-electron chi connectivity index (χ4n) is 1.54. The number of aromatic amines is 1. The van der Waals surface area contributed by atoms with Crippen LogP contribution in [0.5, 0.6) is 0 Å². The molecule has 10 nitrogen and oxygen atoms in total. The van der Waals surface area contributed by atoms with Crippen LogP contribution in [0.1, 0.15) is 17.3 Å². The van der Waals surface area contributed by atoms with Crippen LogP contribution < -0.4 is 10.6 Å². The lowest BCUT2D eigenvalue weighted by molar-refractivity contribution is -0.152. The summed E-state index contributed by atoms with van der Waals surface area (Å²) < 4.78 is 4.58. The molecular weight excluding hydrogens is 292 g/mol. The zero-order valence-corrected chi connectivity index (χ0v) is 11.5. The quantitative estimate of drug-likeness (QED) is 0.531. The van der Waals surface area contributed by atoms with Crippen LogP contribution in [0.25, 0.3) is 0 Å². The zero-order chi connectivity index (χ0) is 15.9. The Hall–Kier alpha value is -3.30. The summed E-state index contributed by atoms with van der Waals surface area (Å²) in [5, 5.41) is 17.4. The summed E-state index contributed by atoms with van der Waals surface area (Å²) in [6.45, 7) is 1.66. The van der Waals surface area contributed by atoms with Crippen molar-refractivity contribution in [1.29, 1.82) is 0 Å². The number of tetrazole rings is 1. The molecule has 0 aliphatic carbocycles. The lowest BCUT2D eigenvalue weighted by Gasteiger charge is -2.09. The Bertz CT molecular complexity index is 685. The zero-order valence-electron chi connectivity index (χ0n) is 11.5. The summed E-state index contributed by atoms with van der Waals surface area (Å²) >= 11 is 0. The number of hydrogen-bond donors (Lipinski definition) is 3. The number of nitrogens with zero attached hydrogens (tertiary/aromatic N) is 3. The molecule has 0 spiro atoms. The number of benzene rings is 1. The van der Waals surface area contributed by atoms with Crippen LogP contribution in [-0.4, -0.2) is 45.0 Å². The molecule has 0 unspecified atom stereocenters. The van der Waals surface area contributed by atoms with Crippen molar-refractivity contribution in [2.75, 3.05) is 17.2 Å². The maximum atomic E-state index is 12.1. The van der Waals surface area contributed by atoms with Gasteiger partial charge in [-0.15, -0.1) is 5.10 Å². The van der Waals surface area contributed by atoms with Gasteiger partial charge in [0, 0.05) is 0 Å². The van der Waals surface area contributed by atoms with Gasteiger partial charge in [0.05, 0.1) is 17.9 Å². The van der Waals surface area contributed by atoms with E-state index < -0.39 is 17.8 Å². The van der Waals surface area contributed by atoms with E-state index in [1.54, 1.807) is 19.1 Å². The molecule has 0 atom stereocenters. The number of para-hydroxylation sites is 1. The highest BCUT2D eigenvalue weighted by Gasteiger charge is 2.19. The largest absolute Gasteiger partial charge is 0.459 e. The molecule has 10 heteroatoms. The molecule has 1 aromatic carbocycles. The molecule has 3 N–H and O–H groups in total. The van der Waals surface area contributed by atoms with E-state index in [-0.39, 0.29) is 23.8 Å². The van der Waals surface area contributed by atoms with Crippen molar-refractivity contribution >= 4 is 29.4 Å². The summed E-state index contributed by atoms with van der Waals surface area (Å²) in [5.41, 5.74) is 0.284. The predicted molar refractivity (Wildman–Crippen MR) is 73.8 cm³/mol. The lowest BCUT2D eigenvalue weighted by Crippen LogP contribution is -2.26. The van der Waals surface area contributed by atoms with E-state index in [1.807, 2.05) is 0 Å². The van der Waals surface area contributed by atoms with Gasteiger partial charge in [-0.1, -0.05) is 17.2 Å². The second-order valence-electron chi connectivity index (χ2n) is 3.91. The molecule has 2 rings (SSSR count). The van der Waals surface area contributed by atoms with Gasteiger partial charge >= 0.3 is 11.9 Å². The van der Waals surface area contributed by atoms with E-state index in [9.17, 15) is 14.4 Å². The van der Waals surface area contributed by atoms with Crippen molar-refractivity contribution in [2.45, 2.75) is 6.92 Å². The number of H-pyrrole nitrogens is 1. The summed E-state index contributed by atoms with van der Waals surface area (Å²) in [6.07, 6.45) is 0. The molecule has 1 heterocycles. The van der Waals surface area contributed by atoms with Crippen LogP contribution in [0.4, 0.5) is 11.6 Å². The minimum absolute atomic E-state index is 0.0171. The molecule has 0 fully saturated rings. The molecule has 0 radical (unpaired) electrons. The number of anilines is 2. The van der Waals surface area contributed by atoms with Crippen molar-refractivity contribution in [3.05, 3.63) is 29.8 Å². The van der Waals surface area contributed by atoms with Crippen LogP contribution in [-0.2, 0) is 14.3 Å². The summed E-state index contributed by atoms with van der Waals surface area (Å²) in [4.78, 5) is 35.1. The summed E-state index contributed by atoms with van der Waals surface area (Å²) in [5.74, 6) is -2.59. The van der Waals surface area contributed by atoms with E-state index in [1.165, 1.54) is 12.1 Å². The van der Waals surface area contributed by atoms with E-state index >= 15 is 0 Å². The third-order valence-corrected chi connectivity index (χ3v) is 2.45. The van der Waals surface area contributed by atoms with Gasteiger partial charge in [-0.2, -0.15) is 5.21 Å². The van der Waals surface area contributed by atoms with Gasteiger partial charge in [0.2, 0.25) is 0 Å². The molecular formula is C12H12N6O4. The normalized spacial score (nSPS) is 9.86. The Balaban J connectivity index is 2.14. The van der Waals surface area contributed by atoms with Gasteiger partial charge < -0.3 is 10.1 Å². The highest BCUT2D eigenvalue weighted by Crippen LogP contribution is 2.16. The molecule has 1 aromatic heterocycles. The highest BCUT2D eigenvalue weighted by molar-refractivity contribution is 6.37. The Kier molecular flexibility index (Phi) is 4.75. The van der Waals surface area contributed by atoms with Crippen molar-refractivity contribution in [1.82, 2.24) is 20.6 Å². The van der Waals surface area contributed by atoms with Gasteiger partial charge in [0.1, 0.15) is 0 Å². The molecule has 0 saturated heterocycles. The summed E-state index contributed by atoms with van der Waals surface area (Å²) in [7, 11) is 0. The fourth-order valence-corrected chi connectivity index (χ4v) is 1.54. The average Bonchev–Trinajstić information content (AvgIpc) is 3.00. The molecule has 0 bridgehead atoms. The van der Waals surface area contributed by atoms with Crippen molar-refractivity contribution < 1.29 is 19.1 Å². The number of amides is 2. The first-order chi connectivity index (χ1) is 10.6. The Morgan fingerprint density at radius 1 is 1.23 bits per heavy atom. The number of rotatable bonds is 4. The maximum Gasteiger partial charge on any atom is 0.397 e. The number of ether oxygens (including phenoxy) is 1. The monoisotopic (exact) mass is 304 g/mol. The van der Waals surface area contributed by atoms with Crippen LogP contribution in [0, 0.1) is 0 Å². The number of esters is 1. The van der Waals surface area contributed by atoms with Gasteiger partial charge in [0.25, 0.3) is 11.9 Å². The molecule has 2 aromatic rings. The fraction of sp³-hybridized carbons (Fsp3) is 0.167. The van der Waals surface area contributed by atoms with Gasteiger partial charge in [-0.05, 0) is 24.3 Å². The first-order valence-corrected chi connectivity index (χ1v) is 6.23. The Morgan fingerprint density at radius 3 is 2.68 bits per heavy atom. The van der Waals surface area contributed by atoms with Crippen LogP contribution >= 0.6 is 0 Å². The first-order valence-electron chi connectivity index (χ1n) is 6.23. The highest BCUT2D eigenvalue weighted by atomic mass is 16.5. The number of aromatic nitrogens is 4. The van der Waals surface area contributed by atoms with Gasteiger partial charge in [-0.3, -0.25) is 14.9 Å². The van der Waals surface area contributed by atoms with Crippen LogP contribution in [0.3, 0.4) is 0 Å². The minimum Gasteiger partial charge on any atom is -0.459 e. The van der Waals surface area contributed by atoms with Crippen LogP contribution in [0.2, 0.25) is 0 Å². The third kappa shape index (κ3) is 3.62. The van der Waals surface area contributed by atoms with Gasteiger partial charge in [-0.25, -0.2) is 4.79 Å². The maximum absolute atomic E-state index is 12.1. The van der Waals surface area contributed by atoms with E-state index in [0.29, 0.717) is 0 Å². The number of nitrogens with one attached hydrogen (secondary N) is 3. The lowest BCUT2D eigenvalue weighted by atomic mass is 10.1. The SMILES string of the molecule is CCOC(=O)C(=O)Nc1ccccc1C(=O)Nc1nn[nH]n1. The third-order valence-electron chi connectivity index (χ3n) is 2.45. The average molecular weight is 304 g/mol. The molecule has 0 aliphatic heterocycles. The molecule has 2 amide bonds. The van der Waals surface area contributed by atoms with E-state index in [4.69, 9.17) is 0 Å². The standard InChI is InChI=1S/C12H12N6O4/c1-2-22-11(21)10(20)13-8-6-4-3-5-7(8)9(19)14-12-15-17-18-16-12/h3-6H,2H2,1H3,(H,13,20)(H2,14,15,16,17,18,19). The predicted octanol–water partition coefficient (Wildman–Crippen LogP) is -0.0464. The van der Waals surface area contributed by atoms with Crippen LogP contribution in [0.15, 0.2) is 24.3 Å². The Morgan fingerprint density at radius 2 is 2.00 bits per heavy atom. The van der Waals surface area contributed by atoms with Crippen molar-refractivity contribution in [2.24, 2.45) is 0 Å². The van der Waals surface area contributed by atoms with Crippen molar-refractivity contribution in [3.8, 4) is 0 Å². The second-order valence-corrected chi connectivity index (χ2v) is 3.91. The van der Waals surface area contributed by atoms with E-state index in [0.717, 1.165) is 0 Å². The number of hydrogen-bond acceptors (Lipinski definition) is 7. The molecule has 0 aliphatic rings. The Labute approximate surface area is 124 Å². The molecule has 22 heavy (non-hydrogen) atoms. The smallest absolute Gasteiger partial charge is 0.397 e. The van der Waals surface area contributed by atoms with Gasteiger partial charge in [0.15, 0.2) is 0 Å². The topological polar surface area (TPSA) is 139 Å². The minimum atomic E-state index is -1.03. The second kappa shape index (κ2) is 6.92. The number of carbonyl (C=O) groups excluding carboxylic acids is 3.